The molecule has 1 aliphatic rings. The predicted octanol–water partition coefficient (Wildman–Crippen LogP) is 0.310. The summed E-state index contributed by atoms with van der Waals surface area (Å²) in [5.41, 5.74) is 0. The maximum atomic E-state index is 12.0. The Hall–Kier alpha value is 0.150. The third-order valence-corrected chi connectivity index (χ3v) is 7.36. The number of nitrogens with zero attached hydrogens (tertiary/aromatic N) is 1. The summed E-state index contributed by atoms with van der Waals surface area (Å²) in [6, 6.07) is -0.424. The zero-order valence-electron chi connectivity index (χ0n) is 9.96. The minimum Gasteiger partial charge on any atom is -0.229 e. The second kappa shape index (κ2) is 5.42. The highest BCUT2D eigenvalue weighted by atomic mass is 35.5. The van der Waals surface area contributed by atoms with Crippen LogP contribution in [-0.2, 0) is 19.9 Å². The summed E-state index contributed by atoms with van der Waals surface area (Å²) in [5.74, 6) is 0.0993. The molecule has 17 heavy (non-hydrogen) atoms. The van der Waals surface area contributed by atoms with Gasteiger partial charge in [0, 0.05) is 19.0 Å². The molecule has 1 saturated heterocycles. The molecule has 0 saturated carbocycles. The molecule has 0 spiro atoms. The lowest BCUT2D eigenvalue weighted by molar-refractivity contribution is 0.391. The van der Waals surface area contributed by atoms with E-state index in [1.165, 1.54) is 11.4 Å². The topological polar surface area (TPSA) is 71.5 Å². The highest BCUT2D eigenvalue weighted by Gasteiger charge is 2.36. The van der Waals surface area contributed by atoms with Gasteiger partial charge in [-0.15, -0.1) is 11.6 Å². The van der Waals surface area contributed by atoms with Crippen LogP contribution in [0.1, 0.15) is 13.3 Å². The number of hydrogen-bond donors (Lipinski definition) is 0. The lowest BCUT2D eigenvalue weighted by atomic mass is 10.3. The molecular formula is C9H18ClNO4S2. The second-order valence-corrected chi connectivity index (χ2v) is 9.22. The summed E-state index contributed by atoms with van der Waals surface area (Å²) >= 11 is 5.59. The number of sulfonamides is 1. The van der Waals surface area contributed by atoms with Gasteiger partial charge in [-0.25, -0.2) is 21.1 Å². The lowest BCUT2D eigenvalue weighted by Gasteiger charge is -2.24. The van der Waals surface area contributed by atoms with Gasteiger partial charge in [0.2, 0.25) is 10.0 Å². The minimum absolute atomic E-state index is 0.0381. The van der Waals surface area contributed by atoms with Gasteiger partial charge in [-0.1, -0.05) is 6.92 Å². The standard InChI is InChI=1S/C9H18ClNO4S2/c1-8(5-10)6-17(14,15)11(2)9-3-4-16(12,13)7-9/h8-9H,3-7H2,1-2H3. The first kappa shape index (κ1) is 15.2. The monoisotopic (exact) mass is 303 g/mol. The van der Waals surface area contributed by atoms with Gasteiger partial charge in [0.05, 0.1) is 17.3 Å². The maximum Gasteiger partial charge on any atom is 0.214 e. The molecule has 0 aromatic heterocycles. The van der Waals surface area contributed by atoms with Crippen LogP contribution in [0.5, 0.6) is 0 Å². The largest absolute Gasteiger partial charge is 0.229 e. The van der Waals surface area contributed by atoms with E-state index in [0.29, 0.717) is 6.42 Å². The molecule has 102 valence electrons. The van der Waals surface area contributed by atoms with Crippen LogP contribution in [0.15, 0.2) is 0 Å². The third kappa shape index (κ3) is 4.08. The lowest BCUT2D eigenvalue weighted by Crippen LogP contribution is -2.40. The molecule has 5 nitrogen and oxygen atoms in total. The Labute approximate surface area is 108 Å². The first-order valence-electron chi connectivity index (χ1n) is 5.40. The quantitative estimate of drug-likeness (QED) is 0.685. The minimum atomic E-state index is -3.42. The second-order valence-electron chi connectivity index (χ2n) is 4.61. The number of alkyl halides is 1. The van der Waals surface area contributed by atoms with Crippen LogP contribution in [0.3, 0.4) is 0 Å². The fourth-order valence-electron chi connectivity index (χ4n) is 1.81. The van der Waals surface area contributed by atoms with Crippen molar-refractivity contribution in [3.05, 3.63) is 0 Å². The molecule has 0 aromatic rings. The van der Waals surface area contributed by atoms with Crippen molar-refractivity contribution in [2.75, 3.05) is 30.2 Å². The molecule has 0 amide bonds. The summed E-state index contributed by atoms with van der Waals surface area (Å²) in [6.07, 6.45) is 0.382. The van der Waals surface area contributed by atoms with Crippen LogP contribution in [0.2, 0.25) is 0 Å². The van der Waals surface area contributed by atoms with Crippen molar-refractivity contribution in [1.82, 2.24) is 4.31 Å². The van der Waals surface area contributed by atoms with Gasteiger partial charge in [0.15, 0.2) is 9.84 Å². The zero-order valence-corrected chi connectivity index (χ0v) is 12.4. The zero-order chi connectivity index (χ0) is 13.3. The normalized spacial score (nSPS) is 26.2. The van der Waals surface area contributed by atoms with Crippen molar-refractivity contribution in [3.8, 4) is 0 Å². The molecular weight excluding hydrogens is 286 g/mol. The van der Waals surface area contributed by atoms with Crippen LogP contribution < -0.4 is 0 Å². The first-order chi connectivity index (χ1) is 7.68. The summed E-state index contributed by atoms with van der Waals surface area (Å²) in [4.78, 5) is 0. The Morgan fingerprint density at radius 1 is 1.47 bits per heavy atom. The molecule has 0 aliphatic carbocycles. The van der Waals surface area contributed by atoms with E-state index in [1.54, 1.807) is 6.92 Å². The third-order valence-electron chi connectivity index (χ3n) is 2.92. The van der Waals surface area contributed by atoms with E-state index in [1.807, 2.05) is 0 Å². The van der Waals surface area contributed by atoms with E-state index in [4.69, 9.17) is 11.6 Å². The molecule has 0 bridgehead atoms. The Morgan fingerprint density at radius 2 is 2.06 bits per heavy atom. The van der Waals surface area contributed by atoms with E-state index in [9.17, 15) is 16.8 Å². The van der Waals surface area contributed by atoms with Crippen LogP contribution in [0.4, 0.5) is 0 Å². The van der Waals surface area contributed by atoms with Crippen molar-refractivity contribution < 1.29 is 16.8 Å². The number of halogens is 1. The highest BCUT2D eigenvalue weighted by molar-refractivity contribution is 7.92. The van der Waals surface area contributed by atoms with E-state index >= 15 is 0 Å². The Balaban J connectivity index is 2.73. The van der Waals surface area contributed by atoms with Crippen LogP contribution in [-0.4, -0.2) is 57.4 Å². The van der Waals surface area contributed by atoms with Crippen molar-refractivity contribution in [3.63, 3.8) is 0 Å². The van der Waals surface area contributed by atoms with Crippen LogP contribution in [0, 0.1) is 5.92 Å². The molecule has 0 aromatic carbocycles. The number of sulfone groups is 1. The molecule has 1 heterocycles. The fourth-order valence-corrected chi connectivity index (χ4v) is 5.62. The SMILES string of the molecule is CC(CCl)CS(=O)(=O)N(C)C1CCS(=O)(=O)C1. The summed E-state index contributed by atoms with van der Waals surface area (Å²) in [7, 11) is -5.04. The average Bonchev–Trinajstić information content (AvgIpc) is 2.56. The van der Waals surface area contributed by atoms with E-state index in [-0.39, 0.29) is 29.1 Å². The van der Waals surface area contributed by atoms with Gasteiger partial charge in [0.1, 0.15) is 0 Å². The maximum absolute atomic E-state index is 12.0. The Morgan fingerprint density at radius 3 is 2.47 bits per heavy atom. The van der Waals surface area contributed by atoms with Crippen molar-refractivity contribution in [2.45, 2.75) is 19.4 Å². The van der Waals surface area contributed by atoms with E-state index < -0.39 is 25.9 Å². The molecule has 0 N–H and O–H groups in total. The average molecular weight is 304 g/mol. The molecule has 2 unspecified atom stereocenters. The number of hydrogen-bond acceptors (Lipinski definition) is 4. The van der Waals surface area contributed by atoms with Crippen molar-refractivity contribution in [1.29, 1.82) is 0 Å². The smallest absolute Gasteiger partial charge is 0.214 e. The van der Waals surface area contributed by atoms with Gasteiger partial charge < -0.3 is 0 Å². The first-order valence-corrected chi connectivity index (χ1v) is 9.36. The molecule has 1 fully saturated rings. The van der Waals surface area contributed by atoms with E-state index in [2.05, 4.69) is 0 Å². The van der Waals surface area contributed by atoms with Gasteiger partial charge in [0.25, 0.3) is 0 Å². The van der Waals surface area contributed by atoms with Crippen LogP contribution in [0.25, 0.3) is 0 Å². The summed E-state index contributed by atoms with van der Waals surface area (Å²) in [6.45, 7) is 1.75. The predicted molar refractivity (Wildman–Crippen MR) is 68.5 cm³/mol. The highest BCUT2D eigenvalue weighted by Crippen LogP contribution is 2.20. The molecule has 2 atom stereocenters. The van der Waals surface area contributed by atoms with E-state index in [0.717, 1.165) is 0 Å². The molecule has 8 heteroatoms. The molecule has 1 aliphatic heterocycles. The summed E-state index contributed by atoms with van der Waals surface area (Å²) < 4.78 is 47.8. The molecule has 0 radical (unpaired) electrons. The van der Waals surface area contributed by atoms with Crippen molar-refractivity contribution in [2.24, 2.45) is 5.92 Å². The summed E-state index contributed by atoms with van der Waals surface area (Å²) in [5, 5.41) is 0. The van der Waals surface area contributed by atoms with Crippen molar-refractivity contribution >= 4 is 31.5 Å². The van der Waals surface area contributed by atoms with Crippen LogP contribution >= 0.6 is 11.6 Å². The molecule has 1 rings (SSSR count). The fraction of sp³-hybridized carbons (Fsp3) is 1.00. The Bertz CT molecular complexity index is 459. The van der Waals surface area contributed by atoms with Gasteiger partial charge >= 0.3 is 0 Å². The van der Waals surface area contributed by atoms with Gasteiger partial charge in [-0.05, 0) is 12.3 Å². The number of rotatable bonds is 5. The van der Waals surface area contributed by atoms with Gasteiger partial charge in [-0.2, -0.15) is 0 Å². The Kier molecular flexibility index (Phi) is 4.85. The van der Waals surface area contributed by atoms with Gasteiger partial charge in [-0.3, -0.25) is 0 Å².